The summed E-state index contributed by atoms with van der Waals surface area (Å²) in [4.78, 5) is 27.4. The lowest BCUT2D eigenvalue weighted by Gasteiger charge is -2.05. The largest absolute Gasteiger partial charge is 0.306 e. The topological polar surface area (TPSA) is 112 Å². The van der Waals surface area contributed by atoms with E-state index in [0.29, 0.717) is 10.6 Å². The van der Waals surface area contributed by atoms with Crippen LogP contribution >= 0.6 is 58.0 Å². The molecule has 0 N–H and O–H groups in total. The van der Waals surface area contributed by atoms with Crippen molar-refractivity contribution in [2.45, 2.75) is 0 Å². The molecule has 150 valence electrons. The Morgan fingerprint density at radius 1 is 0.724 bits per heavy atom. The van der Waals surface area contributed by atoms with Gasteiger partial charge in [-0.2, -0.15) is 0 Å². The van der Waals surface area contributed by atoms with Gasteiger partial charge in [0.1, 0.15) is 10.3 Å². The maximum Gasteiger partial charge on any atom is 0.306 e. The van der Waals surface area contributed by atoms with E-state index in [1.807, 2.05) is 0 Å². The summed E-state index contributed by atoms with van der Waals surface area (Å²) in [6.07, 6.45) is 0. The third-order valence-corrected chi connectivity index (χ3v) is 4.46. The molecule has 0 radical (unpaired) electrons. The normalized spacial score (nSPS) is 10.1. The van der Waals surface area contributed by atoms with Crippen molar-refractivity contribution in [2.24, 2.45) is 0 Å². The van der Waals surface area contributed by atoms with Gasteiger partial charge in [-0.15, -0.1) is 0 Å². The summed E-state index contributed by atoms with van der Waals surface area (Å²) in [5.41, 5.74) is 0.129. The number of nitrogens with zero attached hydrogens (tertiary/aromatic N) is 4. The average molecular weight is 497 g/mol. The molecule has 0 amide bonds. The molecular formula is C16H7Cl5N4O4. The fraction of sp³-hybridized carbons (Fsp3) is 0. The van der Waals surface area contributed by atoms with Crippen LogP contribution in [0.5, 0.6) is 0 Å². The predicted molar refractivity (Wildman–Crippen MR) is 112 cm³/mol. The summed E-state index contributed by atoms with van der Waals surface area (Å²) in [5, 5.41) is 21.9. The van der Waals surface area contributed by atoms with Gasteiger partial charge in [0.05, 0.1) is 14.9 Å². The molecule has 1 aromatic carbocycles. The number of hydrogen-bond acceptors (Lipinski definition) is 6. The molecule has 8 nitrogen and oxygen atoms in total. The van der Waals surface area contributed by atoms with Gasteiger partial charge < -0.3 is 0 Å². The Hall–Kier alpha value is -2.23. The summed E-state index contributed by atoms with van der Waals surface area (Å²) in [6, 6.07) is 9.79. The lowest BCUT2D eigenvalue weighted by Crippen LogP contribution is -1.95. The van der Waals surface area contributed by atoms with Crippen molar-refractivity contribution >= 4 is 69.4 Å². The number of benzene rings is 1. The molecule has 0 aliphatic rings. The molecule has 3 aromatic rings. The van der Waals surface area contributed by atoms with Crippen LogP contribution in [0.4, 0.5) is 11.4 Å². The first-order valence-corrected chi connectivity index (χ1v) is 9.22. The zero-order valence-electron chi connectivity index (χ0n) is 13.9. The molecular weight excluding hydrogens is 489 g/mol. The number of rotatable bonds is 3. The van der Waals surface area contributed by atoms with E-state index in [1.54, 1.807) is 12.1 Å². The third kappa shape index (κ3) is 6.12. The quantitative estimate of drug-likeness (QED) is 0.221. The first-order chi connectivity index (χ1) is 13.6. The van der Waals surface area contributed by atoms with Gasteiger partial charge in [-0.1, -0.05) is 58.0 Å². The standard InChI is InChI=1S/C11H5Cl3N2O2.C5H2Cl2N2O2/c12-6-1-2-7(8(13)5-6)11-9(16(17)18)3-4-10(14)15-11;6-4-2-1-3(9(10)11)5(7)8-4/h1-5H;1-2H. The zero-order chi connectivity index (χ0) is 21.7. The van der Waals surface area contributed by atoms with E-state index in [2.05, 4.69) is 9.97 Å². The number of hydrogen-bond donors (Lipinski definition) is 0. The fourth-order valence-corrected chi connectivity index (χ4v) is 3.06. The average Bonchev–Trinajstić information content (AvgIpc) is 2.61. The van der Waals surface area contributed by atoms with Crippen LogP contribution in [-0.2, 0) is 0 Å². The minimum Gasteiger partial charge on any atom is -0.258 e. The second-order valence-electron chi connectivity index (χ2n) is 5.08. The molecule has 0 atom stereocenters. The summed E-state index contributed by atoms with van der Waals surface area (Å²) in [6.45, 7) is 0. The molecule has 2 heterocycles. The van der Waals surface area contributed by atoms with Crippen molar-refractivity contribution in [2.75, 3.05) is 0 Å². The van der Waals surface area contributed by atoms with E-state index < -0.39 is 9.85 Å². The van der Waals surface area contributed by atoms with Gasteiger partial charge in [0.2, 0.25) is 5.15 Å². The molecule has 0 saturated carbocycles. The Balaban J connectivity index is 0.000000234. The van der Waals surface area contributed by atoms with Crippen LogP contribution in [0.25, 0.3) is 11.3 Å². The Morgan fingerprint density at radius 2 is 1.28 bits per heavy atom. The van der Waals surface area contributed by atoms with Crippen LogP contribution in [0.3, 0.4) is 0 Å². The van der Waals surface area contributed by atoms with Crippen LogP contribution in [0.1, 0.15) is 0 Å². The van der Waals surface area contributed by atoms with E-state index in [1.165, 1.54) is 30.3 Å². The van der Waals surface area contributed by atoms with Crippen LogP contribution in [0, 0.1) is 20.2 Å². The summed E-state index contributed by atoms with van der Waals surface area (Å²) in [5.74, 6) is 0. The maximum absolute atomic E-state index is 10.9. The highest BCUT2D eigenvalue weighted by Crippen LogP contribution is 2.35. The Bertz CT molecular complexity index is 1100. The number of halogens is 5. The van der Waals surface area contributed by atoms with Crippen molar-refractivity contribution in [1.82, 2.24) is 9.97 Å². The minimum absolute atomic E-state index is 0.120. The van der Waals surface area contributed by atoms with Gasteiger partial charge >= 0.3 is 5.69 Å². The van der Waals surface area contributed by atoms with E-state index in [0.717, 1.165) is 0 Å². The monoisotopic (exact) mass is 494 g/mol. The first kappa shape index (κ1) is 23.1. The number of aromatic nitrogens is 2. The minimum atomic E-state index is -0.619. The van der Waals surface area contributed by atoms with E-state index in [4.69, 9.17) is 58.0 Å². The smallest absolute Gasteiger partial charge is 0.258 e. The van der Waals surface area contributed by atoms with Gasteiger partial charge in [0.15, 0.2) is 5.69 Å². The number of pyridine rings is 2. The first-order valence-electron chi connectivity index (χ1n) is 7.33. The molecule has 0 bridgehead atoms. The van der Waals surface area contributed by atoms with E-state index in [9.17, 15) is 20.2 Å². The van der Waals surface area contributed by atoms with Gasteiger partial charge in [0, 0.05) is 22.7 Å². The molecule has 29 heavy (non-hydrogen) atoms. The molecule has 0 aliphatic heterocycles. The molecule has 0 saturated heterocycles. The zero-order valence-corrected chi connectivity index (χ0v) is 17.6. The highest BCUT2D eigenvalue weighted by atomic mass is 35.5. The van der Waals surface area contributed by atoms with Crippen molar-refractivity contribution in [3.05, 3.63) is 88.2 Å². The molecule has 3 rings (SSSR count). The second-order valence-corrected chi connectivity index (χ2v) is 7.06. The fourth-order valence-electron chi connectivity index (χ4n) is 2.00. The van der Waals surface area contributed by atoms with Crippen molar-refractivity contribution in [3.63, 3.8) is 0 Å². The van der Waals surface area contributed by atoms with Gasteiger partial charge in [-0.25, -0.2) is 9.97 Å². The molecule has 13 heteroatoms. The lowest BCUT2D eigenvalue weighted by atomic mass is 10.1. The van der Waals surface area contributed by atoms with Crippen LogP contribution in [0.15, 0.2) is 42.5 Å². The highest BCUT2D eigenvalue weighted by Gasteiger charge is 2.19. The van der Waals surface area contributed by atoms with Gasteiger partial charge in [-0.3, -0.25) is 20.2 Å². The summed E-state index contributed by atoms with van der Waals surface area (Å²) in [7, 11) is 0. The predicted octanol–water partition coefficient (Wildman–Crippen LogP) is 6.91. The lowest BCUT2D eigenvalue weighted by molar-refractivity contribution is -0.385. The SMILES string of the molecule is O=[N+]([O-])c1ccc(Cl)nc1-c1ccc(Cl)cc1Cl.O=[N+]([O-])c1ccc(Cl)nc1Cl. The summed E-state index contributed by atoms with van der Waals surface area (Å²) < 4.78 is 0. The molecule has 0 unspecified atom stereocenters. The van der Waals surface area contributed by atoms with Gasteiger partial charge in [-0.05, 0) is 30.3 Å². The van der Waals surface area contributed by atoms with Gasteiger partial charge in [0.25, 0.3) is 5.69 Å². The van der Waals surface area contributed by atoms with Crippen LogP contribution in [-0.4, -0.2) is 19.8 Å². The van der Waals surface area contributed by atoms with Crippen LogP contribution < -0.4 is 0 Å². The number of nitro groups is 2. The molecule has 0 spiro atoms. The Labute approximate surface area is 188 Å². The Morgan fingerprint density at radius 3 is 1.79 bits per heavy atom. The van der Waals surface area contributed by atoms with Crippen molar-refractivity contribution < 1.29 is 9.85 Å². The van der Waals surface area contributed by atoms with Crippen LogP contribution in [0.2, 0.25) is 25.5 Å². The highest BCUT2D eigenvalue weighted by molar-refractivity contribution is 6.36. The third-order valence-electron chi connectivity index (χ3n) is 3.21. The van der Waals surface area contributed by atoms with E-state index >= 15 is 0 Å². The second kappa shape index (κ2) is 10.00. The summed E-state index contributed by atoms with van der Waals surface area (Å²) >= 11 is 28.3. The molecule has 0 aliphatic carbocycles. The van der Waals surface area contributed by atoms with E-state index in [-0.39, 0.29) is 37.6 Å². The molecule has 0 fully saturated rings. The molecule has 2 aromatic heterocycles. The maximum atomic E-state index is 10.9. The van der Waals surface area contributed by atoms with Crippen molar-refractivity contribution in [1.29, 1.82) is 0 Å². The van der Waals surface area contributed by atoms with Crippen molar-refractivity contribution in [3.8, 4) is 11.3 Å². The Kier molecular flexibility index (Phi) is 7.95.